The van der Waals surface area contributed by atoms with Gasteiger partial charge in [0.05, 0.1) is 5.56 Å². The predicted molar refractivity (Wildman–Crippen MR) is 110 cm³/mol. The summed E-state index contributed by atoms with van der Waals surface area (Å²) in [5, 5.41) is 11.9. The fraction of sp³-hybridized carbons (Fsp3) is 0.364. The van der Waals surface area contributed by atoms with Gasteiger partial charge < -0.3 is 20.2 Å². The fourth-order valence-electron chi connectivity index (χ4n) is 2.91. The normalized spacial score (nSPS) is 10.7. The molecule has 0 aliphatic carbocycles. The standard InChI is InChI=1S/C22H29N3O3/c1-3-24(4-2)14-15-25(17-19-8-6-5-7-9-19)22(28)23-16-18-10-12-20(13-11-18)21(26)27/h5-13H,3-4,14-17H2,1-2H3,(H,23,28)(H,26,27). The summed E-state index contributed by atoms with van der Waals surface area (Å²) in [6, 6.07) is 16.4. The molecule has 0 aromatic heterocycles. The lowest BCUT2D eigenvalue weighted by Gasteiger charge is -2.27. The lowest BCUT2D eigenvalue weighted by molar-refractivity contribution is 0.0697. The Morgan fingerprint density at radius 3 is 2.11 bits per heavy atom. The van der Waals surface area contributed by atoms with Gasteiger partial charge in [0.25, 0.3) is 0 Å². The molecule has 2 amide bonds. The summed E-state index contributed by atoms with van der Waals surface area (Å²) < 4.78 is 0. The number of carbonyl (C=O) groups excluding carboxylic acids is 1. The van der Waals surface area contributed by atoms with Gasteiger partial charge in [-0.25, -0.2) is 9.59 Å². The summed E-state index contributed by atoms with van der Waals surface area (Å²) in [6.07, 6.45) is 0. The molecule has 28 heavy (non-hydrogen) atoms. The molecule has 0 heterocycles. The number of carboxylic acids is 1. The van der Waals surface area contributed by atoms with Crippen LogP contribution in [0.1, 0.15) is 35.3 Å². The molecule has 0 aliphatic heterocycles. The molecule has 6 heteroatoms. The minimum absolute atomic E-state index is 0.127. The van der Waals surface area contributed by atoms with Gasteiger partial charge in [0.2, 0.25) is 0 Å². The summed E-state index contributed by atoms with van der Waals surface area (Å²) in [6.45, 7) is 8.50. The molecule has 0 aliphatic rings. The third-order valence-corrected chi connectivity index (χ3v) is 4.73. The van der Waals surface area contributed by atoms with Crippen molar-refractivity contribution in [2.45, 2.75) is 26.9 Å². The Labute approximate surface area is 166 Å². The van der Waals surface area contributed by atoms with Gasteiger partial charge in [0.1, 0.15) is 0 Å². The van der Waals surface area contributed by atoms with Crippen molar-refractivity contribution < 1.29 is 14.7 Å². The second-order valence-electron chi connectivity index (χ2n) is 6.59. The average molecular weight is 383 g/mol. The van der Waals surface area contributed by atoms with Crippen molar-refractivity contribution in [3.63, 3.8) is 0 Å². The summed E-state index contributed by atoms with van der Waals surface area (Å²) >= 11 is 0. The van der Waals surface area contributed by atoms with Gasteiger partial charge in [-0.3, -0.25) is 0 Å². The molecule has 0 fully saturated rings. The number of benzene rings is 2. The Bertz CT molecular complexity index is 743. The molecule has 0 unspecified atom stereocenters. The Balaban J connectivity index is 1.99. The van der Waals surface area contributed by atoms with Crippen molar-refractivity contribution in [2.75, 3.05) is 26.2 Å². The van der Waals surface area contributed by atoms with Crippen molar-refractivity contribution in [2.24, 2.45) is 0 Å². The van der Waals surface area contributed by atoms with Crippen LogP contribution in [0.3, 0.4) is 0 Å². The van der Waals surface area contributed by atoms with E-state index in [2.05, 4.69) is 24.1 Å². The maximum Gasteiger partial charge on any atom is 0.335 e. The van der Waals surface area contributed by atoms with E-state index in [0.717, 1.165) is 30.8 Å². The third-order valence-electron chi connectivity index (χ3n) is 4.73. The van der Waals surface area contributed by atoms with Crippen LogP contribution >= 0.6 is 0 Å². The van der Waals surface area contributed by atoms with E-state index in [4.69, 9.17) is 5.11 Å². The summed E-state index contributed by atoms with van der Waals surface area (Å²) in [5.74, 6) is -0.957. The van der Waals surface area contributed by atoms with Crippen LogP contribution in [0, 0.1) is 0 Å². The molecule has 0 atom stereocenters. The number of hydrogen-bond acceptors (Lipinski definition) is 3. The van der Waals surface area contributed by atoms with Crippen molar-refractivity contribution in [1.29, 1.82) is 0 Å². The lowest BCUT2D eigenvalue weighted by Crippen LogP contribution is -2.43. The van der Waals surface area contributed by atoms with Gasteiger partial charge >= 0.3 is 12.0 Å². The number of nitrogens with one attached hydrogen (secondary N) is 1. The molecule has 0 radical (unpaired) electrons. The number of carboxylic acid groups (broad SMARTS) is 1. The van der Waals surface area contributed by atoms with Crippen molar-refractivity contribution in [3.05, 3.63) is 71.3 Å². The first kappa shape index (κ1) is 21.4. The molecule has 2 aromatic rings. The largest absolute Gasteiger partial charge is 0.478 e. The number of nitrogens with zero attached hydrogens (tertiary/aromatic N) is 2. The highest BCUT2D eigenvalue weighted by molar-refractivity contribution is 5.87. The van der Waals surface area contributed by atoms with E-state index < -0.39 is 5.97 Å². The Kier molecular flexibility index (Phi) is 8.49. The summed E-state index contributed by atoms with van der Waals surface area (Å²) in [4.78, 5) is 27.8. The van der Waals surface area contributed by atoms with Gasteiger partial charge in [-0.05, 0) is 36.3 Å². The van der Waals surface area contributed by atoms with Crippen LogP contribution in [0.2, 0.25) is 0 Å². The van der Waals surface area contributed by atoms with Crippen molar-refractivity contribution in [1.82, 2.24) is 15.1 Å². The number of hydrogen-bond donors (Lipinski definition) is 2. The van der Waals surface area contributed by atoms with E-state index in [9.17, 15) is 9.59 Å². The van der Waals surface area contributed by atoms with E-state index in [0.29, 0.717) is 19.6 Å². The van der Waals surface area contributed by atoms with Crippen LogP contribution in [0.4, 0.5) is 4.79 Å². The molecule has 0 spiro atoms. The summed E-state index contributed by atoms with van der Waals surface area (Å²) in [7, 11) is 0. The number of urea groups is 1. The first-order valence-corrected chi connectivity index (χ1v) is 9.64. The van der Waals surface area contributed by atoms with Crippen molar-refractivity contribution >= 4 is 12.0 Å². The number of carbonyl (C=O) groups is 2. The van der Waals surface area contributed by atoms with Gasteiger partial charge in [-0.1, -0.05) is 56.3 Å². The topological polar surface area (TPSA) is 72.9 Å². The zero-order valence-corrected chi connectivity index (χ0v) is 16.6. The van der Waals surface area contributed by atoms with Crippen LogP contribution in [0.15, 0.2) is 54.6 Å². The van der Waals surface area contributed by atoms with Crippen LogP contribution in [-0.2, 0) is 13.1 Å². The Hall–Kier alpha value is -2.86. The van der Waals surface area contributed by atoms with Crippen LogP contribution < -0.4 is 5.32 Å². The van der Waals surface area contributed by atoms with Gasteiger partial charge in [0.15, 0.2) is 0 Å². The fourth-order valence-corrected chi connectivity index (χ4v) is 2.91. The van der Waals surface area contributed by atoms with Gasteiger partial charge in [-0.2, -0.15) is 0 Å². The Morgan fingerprint density at radius 1 is 0.893 bits per heavy atom. The second kappa shape index (κ2) is 11.1. The Morgan fingerprint density at radius 2 is 1.54 bits per heavy atom. The minimum Gasteiger partial charge on any atom is -0.478 e. The molecular formula is C22H29N3O3. The summed E-state index contributed by atoms with van der Waals surface area (Å²) in [5.41, 5.74) is 2.18. The molecule has 0 saturated carbocycles. The first-order valence-electron chi connectivity index (χ1n) is 9.64. The van der Waals surface area contributed by atoms with Crippen molar-refractivity contribution in [3.8, 4) is 0 Å². The molecule has 150 valence electrons. The average Bonchev–Trinajstić information content (AvgIpc) is 2.72. The maximum atomic E-state index is 12.8. The molecule has 6 nitrogen and oxygen atoms in total. The highest BCUT2D eigenvalue weighted by Gasteiger charge is 2.15. The number of rotatable bonds is 10. The third kappa shape index (κ3) is 6.70. The number of likely N-dealkylation sites (N-methyl/N-ethyl adjacent to an activating group) is 1. The van der Waals surface area contributed by atoms with Crippen LogP contribution in [0.5, 0.6) is 0 Å². The molecular weight excluding hydrogens is 354 g/mol. The predicted octanol–water partition coefficient (Wildman–Crippen LogP) is 3.44. The monoisotopic (exact) mass is 383 g/mol. The van der Waals surface area contributed by atoms with E-state index in [1.165, 1.54) is 0 Å². The first-order chi connectivity index (χ1) is 13.5. The zero-order valence-electron chi connectivity index (χ0n) is 16.6. The van der Waals surface area contributed by atoms with Crippen LogP contribution in [-0.4, -0.2) is 53.1 Å². The number of amides is 2. The van der Waals surface area contributed by atoms with Crippen LogP contribution in [0.25, 0.3) is 0 Å². The lowest BCUT2D eigenvalue weighted by atomic mass is 10.1. The zero-order chi connectivity index (χ0) is 20.4. The molecule has 2 aromatic carbocycles. The highest BCUT2D eigenvalue weighted by Crippen LogP contribution is 2.07. The van der Waals surface area contributed by atoms with E-state index in [-0.39, 0.29) is 11.6 Å². The second-order valence-corrected chi connectivity index (χ2v) is 6.59. The quantitative estimate of drug-likeness (QED) is 0.659. The van der Waals surface area contributed by atoms with E-state index in [1.54, 1.807) is 24.3 Å². The van der Waals surface area contributed by atoms with Gasteiger partial charge in [0, 0.05) is 26.2 Å². The SMILES string of the molecule is CCN(CC)CCN(Cc1ccccc1)C(=O)NCc1ccc(C(=O)O)cc1. The molecule has 2 rings (SSSR count). The maximum absolute atomic E-state index is 12.8. The molecule has 0 bridgehead atoms. The van der Waals surface area contributed by atoms with E-state index >= 15 is 0 Å². The van der Waals surface area contributed by atoms with E-state index in [1.807, 2.05) is 35.2 Å². The minimum atomic E-state index is -0.957. The smallest absolute Gasteiger partial charge is 0.335 e. The molecule has 0 saturated heterocycles. The highest BCUT2D eigenvalue weighted by atomic mass is 16.4. The molecule has 2 N–H and O–H groups in total. The number of aromatic carboxylic acids is 1. The van der Waals surface area contributed by atoms with Gasteiger partial charge in [-0.15, -0.1) is 0 Å².